The van der Waals surface area contributed by atoms with Gasteiger partial charge in [-0.25, -0.2) is 0 Å². The molecular weight excluding hydrogens is 262 g/mol. The number of benzene rings is 1. The summed E-state index contributed by atoms with van der Waals surface area (Å²) in [6.45, 7) is 0. The van der Waals surface area contributed by atoms with E-state index in [9.17, 15) is 4.79 Å². The van der Waals surface area contributed by atoms with Crippen molar-refractivity contribution in [1.82, 2.24) is 4.90 Å². The van der Waals surface area contributed by atoms with E-state index >= 15 is 0 Å². The predicted octanol–water partition coefficient (Wildman–Crippen LogP) is 2.30. The standard InChI is InChI=1S/C17H25N3O/c1-19(2)13-9-7-12(8-10-13)17-15(18)11-16(21)20(17)14-5-3-4-6-14/h7-10,14-15,17H,3-6,11,18H2,1-2H3. The first kappa shape index (κ1) is 14.4. The van der Waals surface area contributed by atoms with Crippen molar-refractivity contribution in [3.8, 4) is 0 Å². The quantitative estimate of drug-likeness (QED) is 0.928. The van der Waals surface area contributed by atoms with Crippen LogP contribution in [0.5, 0.6) is 0 Å². The number of carbonyl (C=O) groups excluding carboxylic acids is 1. The topological polar surface area (TPSA) is 49.6 Å². The molecule has 1 aliphatic heterocycles. The molecule has 0 aromatic heterocycles. The molecule has 1 heterocycles. The fraction of sp³-hybridized carbons (Fsp3) is 0.588. The van der Waals surface area contributed by atoms with Crippen molar-refractivity contribution in [2.45, 2.75) is 50.2 Å². The molecule has 1 amide bonds. The van der Waals surface area contributed by atoms with Crippen LogP contribution in [0, 0.1) is 0 Å². The van der Waals surface area contributed by atoms with E-state index in [1.54, 1.807) is 0 Å². The number of anilines is 1. The van der Waals surface area contributed by atoms with Gasteiger partial charge in [-0.2, -0.15) is 0 Å². The Kier molecular flexibility index (Phi) is 3.89. The molecule has 1 saturated carbocycles. The second kappa shape index (κ2) is 5.68. The monoisotopic (exact) mass is 287 g/mol. The molecular formula is C17H25N3O. The molecule has 0 radical (unpaired) electrons. The summed E-state index contributed by atoms with van der Waals surface area (Å²) in [5.74, 6) is 0.232. The van der Waals surface area contributed by atoms with Crippen molar-refractivity contribution in [3.63, 3.8) is 0 Å². The molecule has 2 N–H and O–H groups in total. The van der Waals surface area contributed by atoms with Crippen LogP contribution in [-0.4, -0.2) is 37.0 Å². The Balaban J connectivity index is 1.88. The highest BCUT2D eigenvalue weighted by molar-refractivity contribution is 5.80. The lowest BCUT2D eigenvalue weighted by Gasteiger charge is -2.32. The van der Waals surface area contributed by atoms with E-state index in [0.717, 1.165) is 12.8 Å². The van der Waals surface area contributed by atoms with Gasteiger partial charge in [-0.15, -0.1) is 0 Å². The summed E-state index contributed by atoms with van der Waals surface area (Å²) in [6.07, 6.45) is 5.21. The first-order valence-corrected chi connectivity index (χ1v) is 7.92. The van der Waals surface area contributed by atoms with Crippen LogP contribution in [0.3, 0.4) is 0 Å². The molecule has 4 heteroatoms. The zero-order valence-electron chi connectivity index (χ0n) is 13.0. The molecule has 0 bridgehead atoms. The lowest BCUT2D eigenvalue weighted by molar-refractivity contribution is -0.131. The van der Waals surface area contributed by atoms with Crippen LogP contribution in [0.1, 0.15) is 43.7 Å². The molecule has 21 heavy (non-hydrogen) atoms. The van der Waals surface area contributed by atoms with Gasteiger partial charge < -0.3 is 15.5 Å². The molecule has 1 aromatic rings. The van der Waals surface area contributed by atoms with E-state index in [-0.39, 0.29) is 18.0 Å². The van der Waals surface area contributed by atoms with Gasteiger partial charge in [0.2, 0.25) is 5.91 Å². The van der Waals surface area contributed by atoms with Gasteiger partial charge in [0.05, 0.1) is 6.04 Å². The Morgan fingerprint density at radius 3 is 2.33 bits per heavy atom. The number of carbonyl (C=O) groups is 1. The number of hydrogen-bond acceptors (Lipinski definition) is 3. The van der Waals surface area contributed by atoms with Crippen molar-refractivity contribution >= 4 is 11.6 Å². The van der Waals surface area contributed by atoms with Crippen LogP contribution < -0.4 is 10.6 Å². The van der Waals surface area contributed by atoms with E-state index < -0.39 is 0 Å². The Labute approximate surface area is 126 Å². The van der Waals surface area contributed by atoms with Crippen molar-refractivity contribution in [2.24, 2.45) is 5.73 Å². The van der Waals surface area contributed by atoms with Crippen molar-refractivity contribution in [2.75, 3.05) is 19.0 Å². The lowest BCUT2D eigenvalue weighted by Crippen LogP contribution is -2.39. The Hall–Kier alpha value is -1.55. The van der Waals surface area contributed by atoms with E-state index in [1.807, 2.05) is 14.1 Å². The Morgan fingerprint density at radius 1 is 1.14 bits per heavy atom. The molecule has 114 valence electrons. The number of nitrogens with two attached hydrogens (primary N) is 1. The van der Waals surface area contributed by atoms with Gasteiger partial charge in [0, 0.05) is 38.3 Å². The molecule has 1 saturated heterocycles. The van der Waals surface area contributed by atoms with Gasteiger partial charge in [-0.05, 0) is 30.5 Å². The maximum Gasteiger partial charge on any atom is 0.225 e. The molecule has 1 aliphatic carbocycles. The second-order valence-corrected chi connectivity index (χ2v) is 6.54. The average Bonchev–Trinajstić information content (AvgIpc) is 3.06. The molecule has 1 aromatic carbocycles. The van der Waals surface area contributed by atoms with Gasteiger partial charge in [-0.1, -0.05) is 25.0 Å². The SMILES string of the molecule is CN(C)c1ccc(C2C(N)CC(=O)N2C2CCCC2)cc1. The van der Waals surface area contributed by atoms with Gasteiger partial charge in [-0.3, -0.25) is 4.79 Å². The van der Waals surface area contributed by atoms with Crippen LogP contribution in [0.15, 0.2) is 24.3 Å². The fourth-order valence-electron chi connectivity index (χ4n) is 3.77. The third-order valence-electron chi connectivity index (χ3n) is 4.87. The maximum atomic E-state index is 12.4. The smallest absolute Gasteiger partial charge is 0.225 e. The minimum Gasteiger partial charge on any atom is -0.378 e. The summed E-state index contributed by atoms with van der Waals surface area (Å²) in [5.41, 5.74) is 8.63. The van der Waals surface area contributed by atoms with E-state index in [4.69, 9.17) is 5.73 Å². The largest absolute Gasteiger partial charge is 0.378 e. The molecule has 3 rings (SSSR count). The Morgan fingerprint density at radius 2 is 1.76 bits per heavy atom. The summed E-state index contributed by atoms with van der Waals surface area (Å²) >= 11 is 0. The molecule has 0 spiro atoms. The van der Waals surface area contributed by atoms with E-state index in [0.29, 0.717) is 12.5 Å². The highest BCUT2D eigenvalue weighted by Crippen LogP contribution is 2.38. The van der Waals surface area contributed by atoms with Gasteiger partial charge in [0.15, 0.2) is 0 Å². The third-order valence-corrected chi connectivity index (χ3v) is 4.87. The number of hydrogen-bond donors (Lipinski definition) is 1. The zero-order valence-corrected chi connectivity index (χ0v) is 13.0. The third kappa shape index (κ3) is 2.64. The molecule has 2 atom stereocenters. The maximum absolute atomic E-state index is 12.4. The minimum absolute atomic E-state index is 0.0526. The lowest BCUT2D eigenvalue weighted by atomic mass is 9.99. The highest BCUT2D eigenvalue weighted by atomic mass is 16.2. The summed E-state index contributed by atoms with van der Waals surface area (Å²) in [5, 5.41) is 0. The zero-order chi connectivity index (χ0) is 15.0. The molecule has 2 unspecified atom stereocenters. The van der Waals surface area contributed by atoms with Crippen molar-refractivity contribution in [1.29, 1.82) is 0 Å². The van der Waals surface area contributed by atoms with Gasteiger partial charge >= 0.3 is 0 Å². The second-order valence-electron chi connectivity index (χ2n) is 6.54. The number of amides is 1. The predicted molar refractivity (Wildman–Crippen MR) is 85.2 cm³/mol. The summed E-state index contributed by atoms with van der Waals surface area (Å²) in [4.78, 5) is 16.5. The number of rotatable bonds is 3. The first-order chi connectivity index (χ1) is 10.1. The van der Waals surface area contributed by atoms with Crippen LogP contribution in [0.4, 0.5) is 5.69 Å². The van der Waals surface area contributed by atoms with Crippen LogP contribution in [0.2, 0.25) is 0 Å². The first-order valence-electron chi connectivity index (χ1n) is 7.92. The summed E-state index contributed by atoms with van der Waals surface area (Å²) in [6, 6.07) is 8.83. The van der Waals surface area contributed by atoms with Crippen molar-refractivity contribution < 1.29 is 4.79 Å². The van der Waals surface area contributed by atoms with E-state index in [1.165, 1.54) is 24.1 Å². The van der Waals surface area contributed by atoms with Crippen LogP contribution >= 0.6 is 0 Å². The Bertz CT molecular complexity index is 505. The molecule has 4 nitrogen and oxygen atoms in total. The van der Waals surface area contributed by atoms with Crippen molar-refractivity contribution in [3.05, 3.63) is 29.8 Å². The van der Waals surface area contributed by atoms with Gasteiger partial charge in [0.25, 0.3) is 0 Å². The normalized spacial score (nSPS) is 26.6. The molecule has 2 fully saturated rings. The summed E-state index contributed by atoms with van der Waals surface area (Å²) < 4.78 is 0. The van der Waals surface area contributed by atoms with Gasteiger partial charge in [0.1, 0.15) is 0 Å². The number of nitrogens with zero attached hydrogens (tertiary/aromatic N) is 2. The minimum atomic E-state index is -0.0803. The van der Waals surface area contributed by atoms with Crippen LogP contribution in [-0.2, 0) is 4.79 Å². The van der Waals surface area contributed by atoms with E-state index in [2.05, 4.69) is 34.1 Å². The fourth-order valence-corrected chi connectivity index (χ4v) is 3.77. The summed E-state index contributed by atoms with van der Waals surface area (Å²) in [7, 11) is 4.06. The molecule has 2 aliphatic rings. The average molecular weight is 287 g/mol. The van der Waals surface area contributed by atoms with Crippen LogP contribution in [0.25, 0.3) is 0 Å². The number of likely N-dealkylation sites (tertiary alicyclic amines) is 1. The highest BCUT2D eigenvalue weighted by Gasteiger charge is 2.42.